The van der Waals surface area contributed by atoms with Gasteiger partial charge in [0, 0.05) is 12.3 Å². The van der Waals surface area contributed by atoms with Crippen LogP contribution in [0.1, 0.15) is 27.2 Å². The molecule has 88 valence electrons. The quantitative estimate of drug-likeness (QED) is 0.671. The van der Waals surface area contributed by atoms with Crippen molar-refractivity contribution < 1.29 is 14.6 Å². The summed E-state index contributed by atoms with van der Waals surface area (Å²) >= 11 is 4.07. The van der Waals surface area contributed by atoms with Gasteiger partial charge in [-0.2, -0.15) is 12.6 Å². The topological polar surface area (TPSA) is 49.8 Å². The number of hydrogen-bond acceptors (Lipinski definition) is 4. The van der Waals surface area contributed by atoms with E-state index in [4.69, 9.17) is 4.74 Å². The fraction of sp³-hybridized carbons (Fsp3) is 0.900. The van der Waals surface area contributed by atoms with Gasteiger partial charge in [0.1, 0.15) is 5.60 Å². The van der Waals surface area contributed by atoms with Crippen molar-refractivity contribution in [3.63, 3.8) is 0 Å². The van der Waals surface area contributed by atoms with Gasteiger partial charge >= 0.3 is 6.09 Å². The first-order valence-corrected chi connectivity index (χ1v) is 5.70. The Hall–Kier alpha value is -0.420. The Balaban J connectivity index is 2.51. The highest BCUT2D eigenvalue weighted by molar-refractivity contribution is 7.80. The summed E-state index contributed by atoms with van der Waals surface area (Å²) in [6.07, 6.45) is 0.204. The van der Waals surface area contributed by atoms with Crippen LogP contribution >= 0.6 is 12.6 Å². The molecule has 1 aliphatic rings. The number of amides is 1. The number of rotatable bonds is 1. The lowest BCUT2D eigenvalue weighted by atomic mass is 10.1. The fourth-order valence-electron chi connectivity index (χ4n) is 1.47. The Morgan fingerprint density at radius 2 is 2.20 bits per heavy atom. The van der Waals surface area contributed by atoms with Gasteiger partial charge in [-0.1, -0.05) is 0 Å². The van der Waals surface area contributed by atoms with Gasteiger partial charge in [-0.15, -0.1) is 0 Å². The number of hydrogen-bond donors (Lipinski definition) is 2. The molecule has 0 aromatic rings. The SMILES string of the molecule is CC(C)(C)OC(=O)N1CC[C@@](O)(CS)C1. The summed E-state index contributed by atoms with van der Waals surface area (Å²) in [6, 6.07) is 0. The molecule has 1 rings (SSSR count). The Labute approximate surface area is 96.0 Å². The summed E-state index contributed by atoms with van der Waals surface area (Å²) in [5, 5.41) is 9.89. The Kier molecular flexibility index (Phi) is 3.55. The van der Waals surface area contributed by atoms with E-state index in [9.17, 15) is 9.90 Å². The number of thiol groups is 1. The first-order valence-electron chi connectivity index (χ1n) is 5.07. The highest BCUT2D eigenvalue weighted by atomic mass is 32.1. The molecule has 1 saturated heterocycles. The van der Waals surface area contributed by atoms with Gasteiger partial charge in [0.25, 0.3) is 0 Å². The van der Waals surface area contributed by atoms with Gasteiger partial charge in [0.2, 0.25) is 0 Å². The highest BCUT2D eigenvalue weighted by Crippen LogP contribution is 2.24. The van der Waals surface area contributed by atoms with E-state index in [0.717, 1.165) is 0 Å². The zero-order valence-corrected chi connectivity index (χ0v) is 10.4. The number of nitrogens with zero attached hydrogens (tertiary/aromatic N) is 1. The summed E-state index contributed by atoms with van der Waals surface area (Å²) < 4.78 is 5.21. The number of carbonyl (C=O) groups is 1. The van der Waals surface area contributed by atoms with E-state index in [-0.39, 0.29) is 6.09 Å². The number of carbonyl (C=O) groups excluding carboxylic acids is 1. The minimum absolute atomic E-state index is 0.311. The first-order chi connectivity index (χ1) is 6.76. The first kappa shape index (κ1) is 12.6. The second-order valence-electron chi connectivity index (χ2n) is 5.03. The average molecular weight is 233 g/mol. The molecule has 0 spiro atoms. The molecule has 5 heteroatoms. The Morgan fingerprint density at radius 1 is 1.60 bits per heavy atom. The minimum atomic E-state index is -0.847. The summed E-state index contributed by atoms with van der Waals surface area (Å²) in [5.41, 5.74) is -1.33. The van der Waals surface area contributed by atoms with Crippen molar-refractivity contribution in [3.05, 3.63) is 0 Å². The number of ether oxygens (including phenoxy) is 1. The van der Waals surface area contributed by atoms with Crippen LogP contribution in [0.2, 0.25) is 0 Å². The molecule has 0 aliphatic carbocycles. The number of likely N-dealkylation sites (tertiary alicyclic amines) is 1. The maximum atomic E-state index is 11.6. The van der Waals surface area contributed by atoms with Crippen LogP contribution in [-0.2, 0) is 4.74 Å². The molecular weight excluding hydrogens is 214 g/mol. The molecule has 15 heavy (non-hydrogen) atoms. The molecule has 0 saturated carbocycles. The predicted octanol–water partition coefficient (Wildman–Crippen LogP) is 1.29. The fourth-order valence-corrected chi connectivity index (χ4v) is 1.73. The molecule has 0 bridgehead atoms. The van der Waals surface area contributed by atoms with E-state index in [1.807, 2.05) is 20.8 Å². The van der Waals surface area contributed by atoms with Crippen LogP contribution in [0.5, 0.6) is 0 Å². The lowest BCUT2D eigenvalue weighted by Gasteiger charge is -2.25. The molecule has 0 unspecified atom stereocenters. The standard InChI is InChI=1S/C10H19NO3S/c1-9(2,3)14-8(12)11-5-4-10(13,6-11)7-15/h13,15H,4-7H2,1-3H3/t10-/m0/s1. The van der Waals surface area contributed by atoms with Crippen LogP contribution in [-0.4, -0.2) is 46.1 Å². The van der Waals surface area contributed by atoms with E-state index < -0.39 is 11.2 Å². The zero-order valence-electron chi connectivity index (χ0n) is 9.49. The van der Waals surface area contributed by atoms with Crippen molar-refractivity contribution in [2.24, 2.45) is 0 Å². The van der Waals surface area contributed by atoms with Crippen molar-refractivity contribution in [1.29, 1.82) is 0 Å². The van der Waals surface area contributed by atoms with Gasteiger partial charge in [0.05, 0.1) is 12.1 Å². The van der Waals surface area contributed by atoms with Gasteiger partial charge in [-0.05, 0) is 27.2 Å². The van der Waals surface area contributed by atoms with Crippen molar-refractivity contribution in [3.8, 4) is 0 Å². The number of β-amino-alcohol motifs (C(OH)–C–C–N with tert-alkyl or cyclic N) is 1. The lowest BCUT2D eigenvalue weighted by Crippen LogP contribution is -2.40. The summed E-state index contributed by atoms with van der Waals surface area (Å²) in [5.74, 6) is 0.367. The van der Waals surface area contributed by atoms with E-state index in [1.165, 1.54) is 4.90 Å². The molecule has 0 aromatic carbocycles. The number of aliphatic hydroxyl groups is 1. The lowest BCUT2D eigenvalue weighted by molar-refractivity contribution is 0.0202. The van der Waals surface area contributed by atoms with Crippen LogP contribution in [0, 0.1) is 0 Å². The van der Waals surface area contributed by atoms with Crippen LogP contribution in [0.4, 0.5) is 4.79 Å². The van der Waals surface area contributed by atoms with Crippen molar-refractivity contribution in [2.45, 2.75) is 38.4 Å². The van der Waals surface area contributed by atoms with Gasteiger partial charge in [-0.25, -0.2) is 4.79 Å². The summed E-state index contributed by atoms with van der Waals surface area (Å²) in [6.45, 7) is 6.32. The highest BCUT2D eigenvalue weighted by Gasteiger charge is 2.38. The molecular formula is C10H19NO3S. The molecule has 4 nitrogen and oxygen atoms in total. The minimum Gasteiger partial charge on any atom is -0.444 e. The van der Waals surface area contributed by atoms with Crippen molar-refractivity contribution in [1.82, 2.24) is 4.90 Å². The second kappa shape index (κ2) is 4.22. The van der Waals surface area contributed by atoms with Crippen LogP contribution in [0.25, 0.3) is 0 Å². The molecule has 0 aromatic heterocycles. The van der Waals surface area contributed by atoms with Crippen LogP contribution < -0.4 is 0 Å². The van der Waals surface area contributed by atoms with E-state index in [2.05, 4.69) is 12.6 Å². The average Bonchev–Trinajstić information content (AvgIpc) is 2.46. The third kappa shape index (κ3) is 3.57. The largest absolute Gasteiger partial charge is 0.444 e. The monoisotopic (exact) mass is 233 g/mol. The Morgan fingerprint density at radius 3 is 2.60 bits per heavy atom. The summed E-state index contributed by atoms with van der Waals surface area (Å²) in [7, 11) is 0. The van der Waals surface area contributed by atoms with E-state index in [0.29, 0.717) is 25.3 Å². The summed E-state index contributed by atoms with van der Waals surface area (Å²) in [4.78, 5) is 13.2. The molecule has 1 heterocycles. The molecule has 1 fully saturated rings. The maximum Gasteiger partial charge on any atom is 0.410 e. The van der Waals surface area contributed by atoms with Crippen LogP contribution in [0.15, 0.2) is 0 Å². The van der Waals surface area contributed by atoms with Gasteiger partial charge in [-0.3, -0.25) is 0 Å². The van der Waals surface area contributed by atoms with Crippen LogP contribution in [0.3, 0.4) is 0 Å². The second-order valence-corrected chi connectivity index (χ2v) is 5.35. The molecule has 1 aliphatic heterocycles. The van der Waals surface area contributed by atoms with Crippen molar-refractivity contribution >= 4 is 18.7 Å². The molecule has 0 radical (unpaired) electrons. The smallest absolute Gasteiger partial charge is 0.410 e. The van der Waals surface area contributed by atoms with Gasteiger partial charge in [0.15, 0.2) is 0 Å². The zero-order chi connectivity index (χ0) is 11.7. The molecule has 1 N–H and O–H groups in total. The van der Waals surface area contributed by atoms with Crippen molar-refractivity contribution in [2.75, 3.05) is 18.8 Å². The Bertz CT molecular complexity index is 252. The third-order valence-corrected chi connectivity index (χ3v) is 2.87. The normalized spacial score (nSPS) is 26.9. The molecule has 1 atom stereocenters. The van der Waals surface area contributed by atoms with E-state index in [1.54, 1.807) is 0 Å². The van der Waals surface area contributed by atoms with Gasteiger partial charge < -0.3 is 14.7 Å². The molecule has 1 amide bonds. The third-order valence-electron chi connectivity index (χ3n) is 2.28. The maximum absolute atomic E-state index is 11.6. The van der Waals surface area contributed by atoms with E-state index >= 15 is 0 Å². The predicted molar refractivity (Wildman–Crippen MR) is 61.2 cm³/mol.